The van der Waals surface area contributed by atoms with Crippen molar-refractivity contribution in [2.45, 2.75) is 38.0 Å². The normalized spacial score (nSPS) is 15.8. The number of hydrogen-bond acceptors (Lipinski definition) is 4. The van der Waals surface area contributed by atoms with Gasteiger partial charge in [0.15, 0.2) is 0 Å². The van der Waals surface area contributed by atoms with Crippen molar-refractivity contribution < 1.29 is 14.3 Å². The van der Waals surface area contributed by atoms with Gasteiger partial charge in [-0.1, -0.05) is 24.3 Å². The molecule has 0 radical (unpaired) electrons. The molecule has 4 rings (SSSR count). The molecule has 32 heavy (non-hydrogen) atoms. The molecule has 0 spiro atoms. The molecule has 1 aliphatic rings. The van der Waals surface area contributed by atoms with Gasteiger partial charge in [0.05, 0.1) is 6.04 Å². The van der Waals surface area contributed by atoms with E-state index < -0.39 is 11.6 Å². The van der Waals surface area contributed by atoms with E-state index in [9.17, 15) is 14.3 Å². The van der Waals surface area contributed by atoms with Crippen molar-refractivity contribution in [2.24, 2.45) is 0 Å². The Kier molecular flexibility index (Phi) is 5.69. The zero-order valence-electron chi connectivity index (χ0n) is 18.4. The Labute approximate surface area is 187 Å². The summed E-state index contributed by atoms with van der Waals surface area (Å²) in [5, 5.41) is 12.4. The fourth-order valence-electron chi connectivity index (χ4n) is 4.37. The highest BCUT2D eigenvalue weighted by atomic mass is 19.1. The maximum Gasteiger partial charge on any atom is 0.321 e. The second-order valence-corrected chi connectivity index (χ2v) is 9.00. The number of carbonyl (C=O) groups excluding carboxylic acids is 1. The Morgan fingerprint density at radius 3 is 1.94 bits per heavy atom. The largest absolute Gasteiger partial charge is 0.378 e. The molecule has 0 bridgehead atoms. The van der Waals surface area contributed by atoms with Gasteiger partial charge in [-0.05, 0) is 50.6 Å². The van der Waals surface area contributed by atoms with Crippen molar-refractivity contribution in [1.82, 2.24) is 19.8 Å². The van der Waals surface area contributed by atoms with Crippen LogP contribution >= 0.6 is 0 Å². The van der Waals surface area contributed by atoms with Crippen LogP contribution in [-0.4, -0.2) is 49.5 Å². The van der Waals surface area contributed by atoms with E-state index >= 15 is 0 Å². The maximum atomic E-state index is 13.8. The molecule has 0 aliphatic carbocycles. The Morgan fingerprint density at radius 1 is 0.938 bits per heavy atom. The first-order valence-corrected chi connectivity index (χ1v) is 10.6. The second-order valence-electron chi connectivity index (χ2n) is 9.00. The molecule has 0 saturated carbocycles. The number of amides is 2. The minimum absolute atomic E-state index is 0.182. The van der Waals surface area contributed by atoms with Gasteiger partial charge in [0.1, 0.15) is 11.4 Å². The van der Waals surface area contributed by atoms with Gasteiger partial charge in [-0.3, -0.25) is 9.97 Å². The van der Waals surface area contributed by atoms with Crippen LogP contribution in [0.5, 0.6) is 0 Å². The molecular formula is C25H27FN4O2. The zero-order valence-corrected chi connectivity index (χ0v) is 18.4. The lowest BCUT2D eigenvalue weighted by Gasteiger charge is -2.42. The number of aliphatic hydroxyl groups is 1. The lowest BCUT2D eigenvalue weighted by Crippen LogP contribution is -2.49. The molecule has 1 fully saturated rings. The van der Waals surface area contributed by atoms with Crippen LogP contribution in [0, 0.1) is 5.82 Å². The van der Waals surface area contributed by atoms with E-state index in [4.69, 9.17) is 0 Å². The standard InChI is InChI=1S/C25H27FN4O2/c1-24(2,3)30-15-14-29(23(30)31)22(18-8-10-21(26)11-9-18)25(32,19-6-4-12-27-16-19)20-7-5-13-28-17-20/h4-13,16-17,22,32H,14-15H2,1-3H3. The number of hydrogen-bond donors (Lipinski definition) is 1. The molecule has 1 atom stereocenters. The summed E-state index contributed by atoms with van der Waals surface area (Å²) in [6.07, 6.45) is 6.43. The molecule has 1 unspecified atom stereocenters. The van der Waals surface area contributed by atoms with Gasteiger partial charge in [0.2, 0.25) is 0 Å². The molecule has 1 saturated heterocycles. The van der Waals surface area contributed by atoms with Crippen molar-refractivity contribution in [3.05, 3.63) is 95.8 Å². The van der Waals surface area contributed by atoms with Crippen LogP contribution in [0.3, 0.4) is 0 Å². The quantitative estimate of drug-likeness (QED) is 0.656. The van der Waals surface area contributed by atoms with E-state index in [1.165, 1.54) is 12.1 Å². The van der Waals surface area contributed by atoms with Gasteiger partial charge < -0.3 is 14.9 Å². The smallest absolute Gasteiger partial charge is 0.321 e. The highest BCUT2D eigenvalue weighted by Gasteiger charge is 2.50. The number of carbonyl (C=O) groups is 1. The minimum Gasteiger partial charge on any atom is -0.378 e. The molecule has 2 aromatic heterocycles. The summed E-state index contributed by atoms with van der Waals surface area (Å²) in [5.74, 6) is -0.386. The third-order valence-electron chi connectivity index (χ3n) is 5.95. The van der Waals surface area contributed by atoms with E-state index in [1.54, 1.807) is 71.0 Å². The third kappa shape index (κ3) is 3.84. The number of aromatic nitrogens is 2. The van der Waals surface area contributed by atoms with Gasteiger partial charge in [-0.15, -0.1) is 0 Å². The molecule has 6 nitrogen and oxygen atoms in total. The topological polar surface area (TPSA) is 69.6 Å². The number of benzene rings is 1. The molecule has 166 valence electrons. The fourth-order valence-corrected chi connectivity index (χ4v) is 4.37. The Morgan fingerprint density at radius 2 is 1.50 bits per heavy atom. The number of pyridine rings is 2. The van der Waals surface area contributed by atoms with E-state index in [1.807, 2.05) is 20.8 Å². The summed E-state index contributed by atoms with van der Waals surface area (Å²) in [6.45, 7) is 6.89. The van der Waals surface area contributed by atoms with Crippen molar-refractivity contribution in [2.75, 3.05) is 13.1 Å². The van der Waals surface area contributed by atoms with Crippen LogP contribution < -0.4 is 0 Å². The molecule has 3 aromatic rings. The van der Waals surface area contributed by atoms with Crippen molar-refractivity contribution in [1.29, 1.82) is 0 Å². The van der Waals surface area contributed by atoms with Crippen LogP contribution in [0.2, 0.25) is 0 Å². The van der Waals surface area contributed by atoms with Gasteiger partial charge in [0, 0.05) is 54.5 Å². The lowest BCUT2D eigenvalue weighted by atomic mass is 9.77. The SMILES string of the molecule is CC(C)(C)N1CCN(C(c2ccc(F)cc2)C(O)(c2cccnc2)c2cccnc2)C1=O. The first kappa shape index (κ1) is 21.9. The van der Waals surface area contributed by atoms with Gasteiger partial charge in [-0.25, -0.2) is 9.18 Å². The summed E-state index contributed by atoms with van der Waals surface area (Å²) < 4.78 is 13.8. The number of urea groups is 1. The molecule has 3 heterocycles. The summed E-state index contributed by atoms with van der Waals surface area (Å²) >= 11 is 0. The Balaban J connectivity index is 1.93. The first-order valence-electron chi connectivity index (χ1n) is 10.6. The minimum atomic E-state index is -1.66. The van der Waals surface area contributed by atoms with Crippen LogP contribution in [0.15, 0.2) is 73.3 Å². The Hall–Kier alpha value is -3.32. The number of halogens is 1. The van der Waals surface area contributed by atoms with E-state index in [0.717, 1.165) is 0 Å². The molecule has 7 heteroatoms. The fraction of sp³-hybridized carbons (Fsp3) is 0.320. The predicted octanol–water partition coefficient (Wildman–Crippen LogP) is 4.13. The summed E-state index contributed by atoms with van der Waals surface area (Å²) in [6, 6.07) is 12.0. The third-order valence-corrected chi connectivity index (χ3v) is 5.95. The molecule has 1 aromatic carbocycles. The number of nitrogens with zero attached hydrogens (tertiary/aromatic N) is 4. The maximum absolute atomic E-state index is 13.8. The van der Waals surface area contributed by atoms with E-state index in [2.05, 4.69) is 9.97 Å². The van der Waals surface area contributed by atoms with Crippen molar-refractivity contribution >= 4 is 6.03 Å². The monoisotopic (exact) mass is 434 g/mol. The zero-order chi connectivity index (χ0) is 22.9. The molecule has 1 aliphatic heterocycles. The molecule has 1 N–H and O–H groups in total. The first-order chi connectivity index (χ1) is 15.2. The average Bonchev–Trinajstić information content (AvgIpc) is 3.17. The Bertz CT molecular complexity index is 1030. The van der Waals surface area contributed by atoms with Crippen LogP contribution in [0.1, 0.15) is 43.5 Å². The molecular weight excluding hydrogens is 407 g/mol. The van der Waals surface area contributed by atoms with E-state index in [0.29, 0.717) is 29.8 Å². The summed E-state index contributed by atoms with van der Waals surface area (Å²) in [5.41, 5.74) is -0.386. The number of rotatable bonds is 5. The predicted molar refractivity (Wildman–Crippen MR) is 119 cm³/mol. The van der Waals surface area contributed by atoms with Crippen LogP contribution in [0.4, 0.5) is 9.18 Å². The lowest BCUT2D eigenvalue weighted by molar-refractivity contribution is -0.00398. The highest BCUT2D eigenvalue weighted by Crippen LogP contribution is 2.45. The average molecular weight is 435 g/mol. The molecule has 2 amide bonds. The van der Waals surface area contributed by atoms with E-state index in [-0.39, 0.29) is 17.4 Å². The summed E-state index contributed by atoms with van der Waals surface area (Å²) in [4.78, 5) is 25.5. The van der Waals surface area contributed by atoms with Gasteiger partial charge >= 0.3 is 6.03 Å². The van der Waals surface area contributed by atoms with Gasteiger partial charge in [-0.2, -0.15) is 0 Å². The summed E-state index contributed by atoms with van der Waals surface area (Å²) in [7, 11) is 0. The second kappa shape index (κ2) is 8.31. The van der Waals surface area contributed by atoms with Crippen LogP contribution in [0.25, 0.3) is 0 Å². The highest BCUT2D eigenvalue weighted by molar-refractivity contribution is 5.78. The van der Waals surface area contributed by atoms with Crippen molar-refractivity contribution in [3.8, 4) is 0 Å². The van der Waals surface area contributed by atoms with Gasteiger partial charge in [0.25, 0.3) is 0 Å². The van der Waals surface area contributed by atoms with Crippen LogP contribution in [-0.2, 0) is 5.60 Å². The van der Waals surface area contributed by atoms with Crippen molar-refractivity contribution in [3.63, 3.8) is 0 Å².